The Hall–Kier alpha value is -4.33. The van der Waals surface area contributed by atoms with Gasteiger partial charge in [0.25, 0.3) is 5.69 Å². The number of non-ortho nitro benzene ring substituents is 1. The van der Waals surface area contributed by atoms with Gasteiger partial charge in [0.05, 0.1) is 16.1 Å². The van der Waals surface area contributed by atoms with Crippen LogP contribution in [0, 0.1) is 10.1 Å². The number of Topliss-reactive ketones (excluding diaryl/α,β-unsaturated/α-hetero) is 1. The van der Waals surface area contributed by atoms with Crippen molar-refractivity contribution in [2.24, 2.45) is 0 Å². The van der Waals surface area contributed by atoms with Gasteiger partial charge >= 0.3 is 11.9 Å². The Morgan fingerprint density at radius 1 is 0.733 bits per heavy atom. The summed E-state index contributed by atoms with van der Waals surface area (Å²) in [5.41, 5.74) is 0.633. The fourth-order valence-corrected chi connectivity index (χ4v) is 2.47. The van der Waals surface area contributed by atoms with Gasteiger partial charge < -0.3 is 9.47 Å². The van der Waals surface area contributed by atoms with Gasteiger partial charge in [0.2, 0.25) is 0 Å². The number of ketones is 1. The predicted molar refractivity (Wildman–Crippen MR) is 106 cm³/mol. The molecule has 0 aliphatic carbocycles. The van der Waals surface area contributed by atoms with Crippen molar-refractivity contribution in [3.63, 3.8) is 0 Å². The van der Waals surface area contributed by atoms with E-state index in [9.17, 15) is 24.5 Å². The molecule has 0 aromatic heterocycles. The van der Waals surface area contributed by atoms with Crippen molar-refractivity contribution in [3.05, 3.63) is 106 Å². The highest BCUT2D eigenvalue weighted by Crippen LogP contribution is 2.17. The maximum absolute atomic E-state index is 12.1. The second-order valence-electron chi connectivity index (χ2n) is 6.08. The van der Waals surface area contributed by atoms with Gasteiger partial charge in [-0.25, -0.2) is 9.59 Å². The third-order valence-corrected chi connectivity index (χ3v) is 4.04. The topological polar surface area (TPSA) is 113 Å². The number of nitro groups is 1. The smallest absolute Gasteiger partial charge is 0.343 e. The molecule has 0 atom stereocenters. The van der Waals surface area contributed by atoms with E-state index < -0.39 is 16.9 Å². The fraction of sp³-hybridized carbons (Fsp3) is 0.0455. The van der Waals surface area contributed by atoms with Crippen LogP contribution in [0.4, 0.5) is 5.69 Å². The van der Waals surface area contributed by atoms with E-state index in [2.05, 4.69) is 0 Å². The molecule has 0 aliphatic heterocycles. The first-order valence-electron chi connectivity index (χ1n) is 8.76. The molecule has 0 radical (unpaired) electrons. The lowest BCUT2D eigenvalue weighted by atomic mass is 10.1. The molecular formula is C22H15NO7. The normalized spacial score (nSPS) is 10.1. The maximum atomic E-state index is 12.1. The molecule has 0 amide bonds. The Kier molecular flexibility index (Phi) is 6.29. The number of nitrogens with zero attached hydrogens (tertiary/aromatic N) is 1. The second-order valence-corrected chi connectivity index (χ2v) is 6.08. The van der Waals surface area contributed by atoms with Gasteiger partial charge in [0.15, 0.2) is 12.4 Å². The summed E-state index contributed by atoms with van der Waals surface area (Å²) in [6.07, 6.45) is 0. The molecule has 3 aromatic carbocycles. The predicted octanol–water partition coefficient (Wildman–Crippen LogP) is 3.85. The SMILES string of the molecule is O=C(COC(=O)c1ccc(OC(=O)c2ccc([N+](=O)[O-])cc2)cc1)c1ccccc1. The zero-order chi connectivity index (χ0) is 21.5. The average Bonchev–Trinajstić information content (AvgIpc) is 2.78. The average molecular weight is 405 g/mol. The van der Waals surface area contributed by atoms with Gasteiger partial charge in [-0.1, -0.05) is 30.3 Å². The molecule has 0 fully saturated rings. The molecule has 30 heavy (non-hydrogen) atoms. The molecule has 0 spiro atoms. The fourth-order valence-electron chi connectivity index (χ4n) is 2.47. The molecule has 0 heterocycles. The van der Waals surface area contributed by atoms with E-state index in [4.69, 9.17) is 9.47 Å². The highest BCUT2D eigenvalue weighted by atomic mass is 16.6. The zero-order valence-electron chi connectivity index (χ0n) is 15.5. The minimum atomic E-state index is -0.700. The van der Waals surface area contributed by atoms with Crippen molar-refractivity contribution >= 4 is 23.4 Å². The molecule has 3 aromatic rings. The van der Waals surface area contributed by atoms with Crippen LogP contribution in [0.3, 0.4) is 0 Å². The van der Waals surface area contributed by atoms with Crippen LogP contribution < -0.4 is 4.74 Å². The van der Waals surface area contributed by atoms with E-state index in [-0.39, 0.29) is 35.0 Å². The Morgan fingerprint density at radius 3 is 1.90 bits per heavy atom. The quantitative estimate of drug-likeness (QED) is 0.193. The van der Waals surface area contributed by atoms with Crippen LogP contribution >= 0.6 is 0 Å². The Bertz CT molecular complexity index is 1070. The van der Waals surface area contributed by atoms with Crippen LogP contribution in [0.2, 0.25) is 0 Å². The van der Waals surface area contributed by atoms with Gasteiger partial charge in [-0.15, -0.1) is 0 Å². The highest BCUT2D eigenvalue weighted by molar-refractivity contribution is 5.99. The first kappa shape index (κ1) is 20.4. The third kappa shape index (κ3) is 5.14. The number of carbonyl (C=O) groups excluding carboxylic acids is 3. The molecule has 0 saturated heterocycles. The number of rotatable bonds is 7. The first-order chi connectivity index (χ1) is 14.4. The van der Waals surface area contributed by atoms with Crippen LogP contribution in [0.15, 0.2) is 78.9 Å². The Morgan fingerprint density at radius 2 is 1.30 bits per heavy atom. The van der Waals surface area contributed by atoms with Crippen molar-refractivity contribution in [1.29, 1.82) is 0 Å². The van der Waals surface area contributed by atoms with Crippen LogP contribution in [0.1, 0.15) is 31.1 Å². The van der Waals surface area contributed by atoms with Crippen molar-refractivity contribution in [2.45, 2.75) is 0 Å². The summed E-state index contributed by atoms with van der Waals surface area (Å²) in [5, 5.41) is 10.6. The number of hydrogen-bond donors (Lipinski definition) is 0. The van der Waals surface area contributed by atoms with Crippen molar-refractivity contribution < 1.29 is 28.8 Å². The van der Waals surface area contributed by atoms with Crippen molar-refractivity contribution in [1.82, 2.24) is 0 Å². The largest absolute Gasteiger partial charge is 0.454 e. The summed E-state index contributed by atoms with van der Waals surface area (Å²) in [5.74, 6) is -1.53. The van der Waals surface area contributed by atoms with E-state index >= 15 is 0 Å². The number of ether oxygens (including phenoxy) is 2. The standard InChI is InChI=1S/C22H15NO7/c24-20(15-4-2-1-3-5-15)14-29-21(25)16-8-12-19(13-9-16)30-22(26)17-6-10-18(11-7-17)23(27)28/h1-13H,14H2. The second kappa shape index (κ2) is 9.24. The van der Waals surface area contributed by atoms with E-state index in [1.807, 2.05) is 0 Å². The lowest BCUT2D eigenvalue weighted by molar-refractivity contribution is -0.384. The summed E-state index contributed by atoms with van der Waals surface area (Å²) in [6, 6.07) is 19.0. The number of esters is 2. The molecule has 8 nitrogen and oxygen atoms in total. The summed E-state index contributed by atoms with van der Waals surface area (Å²) in [7, 11) is 0. The minimum absolute atomic E-state index is 0.139. The third-order valence-electron chi connectivity index (χ3n) is 4.04. The van der Waals surface area contributed by atoms with Crippen LogP contribution in [-0.4, -0.2) is 29.3 Å². The number of benzene rings is 3. The van der Waals surface area contributed by atoms with Crippen LogP contribution in [0.5, 0.6) is 5.75 Å². The van der Waals surface area contributed by atoms with E-state index in [0.717, 1.165) is 0 Å². The van der Waals surface area contributed by atoms with Crippen molar-refractivity contribution in [2.75, 3.05) is 6.61 Å². The maximum Gasteiger partial charge on any atom is 0.343 e. The molecule has 0 bridgehead atoms. The molecule has 0 saturated carbocycles. The van der Waals surface area contributed by atoms with E-state index in [0.29, 0.717) is 5.56 Å². The Balaban J connectivity index is 1.56. The summed E-state index contributed by atoms with van der Waals surface area (Å²) in [6.45, 7) is -0.389. The molecular weight excluding hydrogens is 390 g/mol. The minimum Gasteiger partial charge on any atom is -0.454 e. The van der Waals surface area contributed by atoms with E-state index in [1.54, 1.807) is 30.3 Å². The highest BCUT2D eigenvalue weighted by Gasteiger charge is 2.14. The molecule has 0 N–H and O–H groups in total. The lowest BCUT2D eigenvalue weighted by Crippen LogP contribution is -2.14. The van der Waals surface area contributed by atoms with Crippen LogP contribution in [0.25, 0.3) is 0 Å². The van der Waals surface area contributed by atoms with E-state index in [1.165, 1.54) is 48.5 Å². The summed E-state index contributed by atoms with van der Waals surface area (Å²) >= 11 is 0. The van der Waals surface area contributed by atoms with Crippen LogP contribution in [-0.2, 0) is 4.74 Å². The van der Waals surface area contributed by atoms with Gasteiger partial charge in [-0.05, 0) is 36.4 Å². The van der Waals surface area contributed by atoms with Gasteiger partial charge in [0, 0.05) is 17.7 Å². The van der Waals surface area contributed by atoms with Gasteiger partial charge in [0.1, 0.15) is 5.75 Å². The van der Waals surface area contributed by atoms with Gasteiger partial charge in [-0.2, -0.15) is 0 Å². The summed E-state index contributed by atoms with van der Waals surface area (Å²) in [4.78, 5) is 46.2. The lowest BCUT2D eigenvalue weighted by Gasteiger charge is -2.07. The number of nitro benzene ring substituents is 1. The number of hydrogen-bond acceptors (Lipinski definition) is 7. The Labute approximate surface area is 170 Å². The first-order valence-corrected chi connectivity index (χ1v) is 8.76. The zero-order valence-corrected chi connectivity index (χ0v) is 15.5. The molecule has 3 rings (SSSR count). The molecule has 0 aliphatic rings. The molecule has 150 valence electrons. The molecule has 8 heteroatoms. The number of carbonyl (C=O) groups is 3. The van der Waals surface area contributed by atoms with Crippen molar-refractivity contribution in [3.8, 4) is 5.75 Å². The monoisotopic (exact) mass is 405 g/mol. The molecule has 0 unspecified atom stereocenters. The van der Waals surface area contributed by atoms with Gasteiger partial charge in [-0.3, -0.25) is 14.9 Å². The summed E-state index contributed by atoms with van der Waals surface area (Å²) < 4.78 is 10.2.